The van der Waals surface area contributed by atoms with Crippen molar-refractivity contribution in [2.24, 2.45) is 0 Å². The number of aromatic nitrogens is 1. The molecule has 0 saturated carbocycles. The fraction of sp³-hybridized carbons (Fsp3) is 0.333. The zero-order chi connectivity index (χ0) is 11.3. The maximum Gasteiger partial charge on any atom is 0.336 e. The quantitative estimate of drug-likeness (QED) is 0.626. The van der Waals surface area contributed by atoms with Crippen molar-refractivity contribution in [3.8, 4) is 0 Å². The Morgan fingerprint density at radius 2 is 2.33 bits per heavy atom. The van der Waals surface area contributed by atoms with E-state index in [0.717, 1.165) is 11.8 Å². The zero-order valence-corrected chi connectivity index (χ0v) is 8.65. The highest BCUT2D eigenvalue weighted by molar-refractivity contribution is 7.99. The van der Waals surface area contributed by atoms with Gasteiger partial charge < -0.3 is 15.3 Å². The molecule has 0 amide bonds. The van der Waals surface area contributed by atoms with Gasteiger partial charge in [-0.05, 0) is 6.07 Å². The van der Waals surface area contributed by atoms with Gasteiger partial charge in [-0.1, -0.05) is 0 Å². The maximum absolute atomic E-state index is 10.8. The minimum atomic E-state index is -1.03. The molecular formula is C9H11NO4S. The van der Waals surface area contributed by atoms with Crippen LogP contribution in [0.1, 0.15) is 10.4 Å². The number of aliphatic hydroxyl groups is 2. The van der Waals surface area contributed by atoms with E-state index in [1.165, 1.54) is 18.5 Å². The van der Waals surface area contributed by atoms with Crippen molar-refractivity contribution < 1.29 is 20.1 Å². The lowest BCUT2D eigenvalue weighted by atomic mass is 10.3. The van der Waals surface area contributed by atoms with Gasteiger partial charge in [0.2, 0.25) is 0 Å². The predicted octanol–water partition coefficient (Wildman–Crippen LogP) is 0.225. The number of nitrogens with zero attached hydrogens (tertiary/aromatic N) is 1. The first-order valence-electron chi connectivity index (χ1n) is 4.24. The Hall–Kier alpha value is -1.11. The summed E-state index contributed by atoms with van der Waals surface area (Å²) in [5, 5.41) is 26.5. The first kappa shape index (κ1) is 12.0. The van der Waals surface area contributed by atoms with Crippen LogP contribution < -0.4 is 0 Å². The van der Waals surface area contributed by atoms with E-state index in [4.69, 9.17) is 15.3 Å². The predicted molar refractivity (Wildman–Crippen MR) is 55.0 cm³/mol. The van der Waals surface area contributed by atoms with E-state index in [9.17, 15) is 4.79 Å². The van der Waals surface area contributed by atoms with Gasteiger partial charge in [0.05, 0.1) is 18.3 Å². The fourth-order valence-corrected chi connectivity index (χ4v) is 1.83. The molecule has 0 radical (unpaired) electrons. The fourth-order valence-electron chi connectivity index (χ4n) is 0.910. The monoisotopic (exact) mass is 229 g/mol. The van der Waals surface area contributed by atoms with Crippen molar-refractivity contribution in [1.82, 2.24) is 4.98 Å². The second kappa shape index (κ2) is 5.69. The Morgan fingerprint density at radius 1 is 1.60 bits per heavy atom. The average Bonchev–Trinajstić information content (AvgIpc) is 2.26. The molecule has 5 nitrogen and oxygen atoms in total. The minimum Gasteiger partial charge on any atom is -0.478 e. The summed E-state index contributed by atoms with van der Waals surface area (Å²) in [5.41, 5.74) is 0.153. The first-order valence-corrected chi connectivity index (χ1v) is 5.22. The summed E-state index contributed by atoms with van der Waals surface area (Å²) in [4.78, 5) is 15.1. The summed E-state index contributed by atoms with van der Waals surface area (Å²) in [5.74, 6) is -0.791. The lowest BCUT2D eigenvalue weighted by Crippen LogP contribution is -2.15. The van der Waals surface area contributed by atoms with E-state index >= 15 is 0 Å². The standard InChI is InChI=1S/C9H11NO4S/c11-4-6(12)5-15-8-3-10-2-1-7(8)9(13)14/h1-3,6,11-12H,4-5H2,(H,13,14). The van der Waals surface area contributed by atoms with Crippen LogP contribution in [-0.2, 0) is 0 Å². The zero-order valence-electron chi connectivity index (χ0n) is 7.83. The molecular weight excluding hydrogens is 218 g/mol. The number of pyridine rings is 1. The molecule has 6 heteroatoms. The van der Waals surface area contributed by atoms with E-state index in [2.05, 4.69) is 4.98 Å². The summed E-state index contributed by atoms with van der Waals surface area (Å²) < 4.78 is 0. The van der Waals surface area contributed by atoms with Crippen LogP contribution in [0.5, 0.6) is 0 Å². The van der Waals surface area contributed by atoms with Gasteiger partial charge in [-0.25, -0.2) is 4.79 Å². The molecule has 0 aliphatic heterocycles. The number of carbonyl (C=O) groups is 1. The number of hydrogen-bond acceptors (Lipinski definition) is 5. The van der Waals surface area contributed by atoms with Crippen LogP contribution in [0.15, 0.2) is 23.4 Å². The van der Waals surface area contributed by atoms with Crippen LogP contribution in [0.3, 0.4) is 0 Å². The van der Waals surface area contributed by atoms with Crippen molar-refractivity contribution in [1.29, 1.82) is 0 Å². The number of carboxylic acid groups (broad SMARTS) is 1. The third kappa shape index (κ3) is 3.50. The highest BCUT2D eigenvalue weighted by Crippen LogP contribution is 2.22. The summed E-state index contributed by atoms with van der Waals surface area (Å²) in [7, 11) is 0. The summed E-state index contributed by atoms with van der Waals surface area (Å²) >= 11 is 1.15. The molecule has 0 spiro atoms. The van der Waals surface area contributed by atoms with Gasteiger partial charge >= 0.3 is 5.97 Å². The minimum absolute atomic E-state index is 0.153. The van der Waals surface area contributed by atoms with Gasteiger partial charge in [0.25, 0.3) is 0 Å². The molecule has 15 heavy (non-hydrogen) atoms. The smallest absolute Gasteiger partial charge is 0.336 e. The molecule has 1 rings (SSSR count). The Bertz CT molecular complexity index is 345. The molecule has 1 unspecified atom stereocenters. The molecule has 82 valence electrons. The number of carboxylic acids is 1. The van der Waals surface area contributed by atoms with Crippen molar-refractivity contribution in [2.45, 2.75) is 11.0 Å². The second-order valence-corrected chi connectivity index (χ2v) is 3.89. The van der Waals surface area contributed by atoms with Crippen molar-refractivity contribution in [3.63, 3.8) is 0 Å². The molecule has 1 atom stereocenters. The number of rotatable bonds is 5. The van der Waals surface area contributed by atoms with Crippen LogP contribution in [0, 0.1) is 0 Å². The van der Waals surface area contributed by atoms with Crippen molar-refractivity contribution >= 4 is 17.7 Å². The third-order valence-electron chi connectivity index (χ3n) is 1.66. The lowest BCUT2D eigenvalue weighted by molar-refractivity contribution is 0.0693. The number of hydrogen-bond donors (Lipinski definition) is 3. The second-order valence-electron chi connectivity index (χ2n) is 2.82. The van der Waals surface area contributed by atoms with Crippen LogP contribution in [0.4, 0.5) is 0 Å². The van der Waals surface area contributed by atoms with Crippen molar-refractivity contribution in [3.05, 3.63) is 24.0 Å². The summed E-state index contributed by atoms with van der Waals surface area (Å²) in [6, 6.07) is 1.40. The Kier molecular flexibility index (Phi) is 4.54. The van der Waals surface area contributed by atoms with Gasteiger partial charge in [-0.15, -0.1) is 11.8 Å². The normalized spacial score (nSPS) is 12.4. The SMILES string of the molecule is O=C(O)c1ccncc1SCC(O)CO. The topological polar surface area (TPSA) is 90.7 Å². The first-order chi connectivity index (χ1) is 7.15. The molecule has 0 saturated heterocycles. The van der Waals surface area contributed by atoms with Crippen LogP contribution in [0.25, 0.3) is 0 Å². The lowest BCUT2D eigenvalue weighted by Gasteiger charge is -2.07. The van der Waals surface area contributed by atoms with Gasteiger partial charge in [0.1, 0.15) is 0 Å². The maximum atomic E-state index is 10.8. The Morgan fingerprint density at radius 3 is 2.93 bits per heavy atom. The van der Waals surface area contributed by atoms with E-state index < -0.39 is 12.1 Å². The Labute approximate surface area is 90.8 Å². The third-order valence-corrected chi connectivity index (χ3v) is 2.84. The van der Waals surface area contributed by atoms with E-state index in [0.29, 0.717) is 4.90 Å². The molecule has 0 aliphatic carbocycles. The molecule has 3 N–H and O–H groups in total. The molecule has 0 aromatic carbocycles. The molecule has 1 aromatic heterocycles. The van der Waals surface area contributed by atoms with Gasteiger partial charge in [-0.3, -0.25) is 4.98 Å². The molecule has 1 heterocycles. The van der Waals surface area contributed by atoms with Crippen LogP contribution >= 0.6 is 11.8 Å². The van der Waals surface area contributed by atoms with E-state index in [-0.39, 0.29) is 17.9 Å². The highest BCUT2D eigenvalue weighted by atomic mass is 32.2. The van der Waals surface area contributed by atoms with Gasteiger partial charge in [0.15, 0.2) is 0 Å². The average molecular weight is 229 g/mol. The Balaban J connectivity index is 2.72. The van der Waals surface area contributed by atoms with Gasteiger partial charge in [0, 0.05) is 23.0 Å². The van der Waals surface area contributed by atoms with E-state index in [1.807, 2.05) is 0 Å². The number of aliphatic hydroxyl groups excluding tert-OH is 2. The molecule has 0 aliphatic rings. The largest absolute Gasteiger partial charge is 0.478 e. The number of thioether (sulfide) groups is 1. The highest BCUT2D eigenvalue weighted by Gasteiger charge is 2.11. The van der Waals surface area contributed by atoms with E-state index in [1.54, 1.807) is 0 Å². The molecule has 0 fully saturated rings. The molecule has 1 aromatic rings. The molecule has 0 bridgehead atoms. The van der Waals surface area contributed by atoms with Crippen LogP contribution in [0.2, 0.25) is 0 Å². The summed E-state index contributed by atoms with van der Waals surface area (Å²) in [6.07, 6.45) is 1.98. The number of aromatic carboxylic acids is 1. The summed E-state index contributed by atoms with van der Waals surface area (Å²) in [6.45, 7) is -0.338. The van der Waals surface area contributed by atoms with Crippen molar-refractivity contribution in [2.75, 3.05) is 12.4 Å². The van der Waals surface area contributed by atoms with Gasteiger partial charge in [-0.2, -0.15) is 0 Å². The van der Waals surface area contributed by atoms with Crippen LogP contribution in [-0.4, -0.2) is 44.7 Å².